The number of hydrogen-bond donors (Lipinski definition) is 1. The van der Waals surface area contributed by atoms with Crippen molar-refractivity contribution < 1.29 is 9.53 Å². The number of carbonyl (C=O) groups is 1. The average molecular weight is 352 g/mol. The molecule has 0 saturated heterocycles. The number of aromatic amines is 1. The van der Waals surface area contributed by atoms with Gasteiger partial charge in [-0.25, -0.2) is 0 Å². The summed E-state index contributed by atoms with van der Waals surface area (Å²) in [4.78, 5) is 18.2. The standard InChI is InChI=1S/C20H24N4O2/c1-13(2)24-11-14(10-21-24)20-19-16(8-9-23(20)18(25)12-26-3)15-6-4-5-7-17(15)22-19/h4-7,10-11,13,20,22H,8-9,12H2,1-3H3. The number of amides is 1. The Hall–Kier alpha value is -2.60. The molecule has 0 spiro atoms. The van der Waals surface area contributed by atoms with E-state index in [9.17, 15) is 4.79 Å². The number of aromatic nitrogens is 3. The van der Waals surface area contributed by atoms with Gasteiger partial charge in [-0.05, 0) is 31.9 Å². The lowest BCUT2D eigenvalue weighted by Gasteiger charge is -2.35. The van der Waals surface area contributed by atoms with Gasteiger partial charge in [-0.15, -0.1) is 0 Å². The molecule has 0 fully saturated rings. The number of nitrogens with one attached hydrogen (secondary N) is 1. The predicted molar refractivity (Wildman–Crippen MR) is 100 cm³/mol. The van der Waals surface area contributed by atoms with Gasteiger partial charge in [-0.3, -0.25) is 9.48 Å². The minimum atomic E-state index is -0.165. The van der Waals surface area contributed by atoms with Crippen molar-refractivity contribution in [3.8, 4) is 0 Å². The maximum atomic E-state index is 12.7. The van der Waals surface area contributed by atoms with Crippen LogP contribution in [-0.2, 0) is 16.0 Å². The lowest BCUT2D eigenvalue weighted by Crippen LogP contribution is -2.42. The van der Waals surface area contributed by atoms with E-state index in [1.165, 1.54) is 10.9 Å². The molecule has 6 heteroatoms. The van der Waals surface area contributed by atoms with E-state index in [0.29, 0.717) is 6.54 Å². The van der Waals surface area contributed by atoms with Crippen molar-refractivity contribution in [3.05, 3.63) is 53.5 Å². The fraction of sp³-hybridized carbons (Fsp3) is 0.400. The Morgan fingerprint density at radius 3 is 2.92 bits per heavy atom. The number of H-pyrrole nitrogens is 1. The maximum Gasteiger partial charge on any atom is 0.249 e. The quantitative estimate of drug-likeness (QED) is 0.785. The molecule has 6 nitrogen and oxygen atoms in total. The number of para-hydroxylation sites is 1. The zero-order chi connectivity index (χ0) is 18.3. The number of hydrogen-bond acceptors (Lipinski definition) is 3. The van der Waals surface area contributed by atoms with Gasteiger partial charge < -0.3 is 14.6 Å². The van der Waals surface area contributed by atoms with Crippen LogP contribution in [0.2, 0.25) is 0 Å². The van der Waals surface area contributed by atoms with Gasteiger partial charge in [0.25, 0.3) is 0 Å². The normalized spacial score (nSPS) is 17.1. The lowest BCUT2D eigenvalue weighted by molar-refractivity contribution is -0.137. The number of methoxy groups -OCH3 is 1. The Bertz CT molecular complexity index is 940. The van der Waals surface area contributed by atoms with Crippen LogP contribution in [0.25, 0.3) is 10.9 Å². The molecule has 1 amide bonds. The van der Waals surface area contributed by atoms with Crippen LogP contribution >= 0.6 is 0 Å². The van der Waals surface area contributed by atoms with E-state index in [4.69, 9.17) is 4.74 Å². The van der Waals surface area contributed by atoms with Crippen LogP contribution in [0.3, 0.4) is 0 Å². The number of nitrogens with zero attached hydrogens (tertiary/aromatic N) is 3. The van der Waals surface area contributed by atoms with Crippen LogP contribution in [0.15, 0.2) is 36.7 Å². The maximum absolute atomic E-state index is 12.7. The van der Waals surface area contributed by atoms with E-state index in [-0.39, 0.29) is 24.6 Å². The lowest BCUT2D eigenvalue weighted by atomic mass is 9.94. The predicted octanol–water partition coefficient (Wildman–Crippen LogP) is 3.07. The number of rotatable bonds is 4. The summed E-state index contributed by atoms with van der Waals surface area (Å²) in [5.41, 5.74) is 4.52. The third-order valence-electron chi connectivity index (χ3n) is 5.09. The summed E-state index contributed by atoms with van der Waals surface area (Å²) in [6.45, 7) is 4.96. The second-order valence-electron chi connectivity index (χ2n) is 7.08. The molecule has 1 aliphatic rings. The van der Waals surface area contributed by atoms with Crippen molar-refractivity contribution in [2.75, 3.05) is 20.3 Å². The molecule has 0 aliphatic carbocycles. The van der Waals surface area contributed by atoms with Gasteiger partial charge in [0.05, 0.1) is 6.20 Å². The van der Waals surface area contributed by atoms with Crippen LogP contribution in [0.4, 0.5) is 0 Å². The first kappa shape index (κ1) is 16.8. The summed E-state index contributed by atoms with van der Waals surface area (Å²) in [7, 11) is 1.56. The molecule has 1 unspecified atom stereocenters. The van der Waals surface area contributed by atoms with E-state index in [1.807, 2.05) is 28.0 Å². The number of ether oxygens (including phenoxy) is 1. The molecule has 3 aromatic rings. The van der Waals surface area contributed by atoms with E-state index < -0.39 is 0 Å². The molecule has 2 aromatic heterocycles. The molecule has 1 N–H and O–H groups in total. The fourth-order valence-corrected chi connectivity index (χ4v) is 3.84. The van der Waals surface area contributed by atoms with Crippen molar-refractivity contribution in [1.82, 2.24) is 19.7 Å². The molecule has 1 aromatic carbocycles. The third-order valence-corrected chi connectivity index (χ3v) is 5.09. The highest BCUT2D eigenvalue weighted by molar-refractivity contribution is 5.86. The van der Waals surface area contributed by atoms with Crippen LogP contribution < -0.4 is 0 Å². The Labute approximate surface area is 152 Å². The highest BCUT2D eigenvalue weighted by atomic mass is 16.5. The summed E-state index contributed by atoms with van der Waals surface area (Å²) < 4.78 is 7.04. The Kier molecular flexibility index (Phi) is 4.28. The van der Waals surface area contributed by atoms with Gasteiger partial charge in [-0.1, -0.05) is 18.2 Å². The molecular formula is C20H24N4O2. The van der Waals surface area contributed by atoms with Crippen molar-refractivity contribution >= 4 is 16.8 Å². The molecule has 0 bridgehead atoms. The first-order valence-electron chi connectivity index (χ1n) is 9.02. The molecule has 26 heavy (non-hydrogen) atoms. The monoisotopic (exact) mass is 352 g/mol. The Morgan fingerprint density at radius 1 is 1.38 bits per heavy atom. The minimum absolute atomic E-state index is 0.000830. The van der Waals surface area contributed by atoms with Gasteiger partial charge in [0.15, 0.2) is 0 Å². The van der Waals surface area contributed by atoms with Gasteiger partial charge in [0.1, 0.15) is 12.6 Å². The first-order chi connectivity index (χ1) is 12.6. The van der Waals surface area contributed by atoms with Crippen molar-refractivity contribution in [1.29, 1.82) is 0 Å². The Morgan fingerprint density at radius 2 is 2.19 bits per heavy atom. The summed E-state index contributed by atoms with van der Waals surface area (Å²) in [5.74, 6) is -0.000830. The van der Waals surface area contributed by atoms with Crippen LogP contribution in [0.1, 0.15) is 42.8 Å². The van der Waals surface area contributed by atoms with Crippen LogP contribution in [0.5, 0.6) is 0 Å². The summed E-state index contributed by atoms with van der Waals surface area (Å²) in [6, 6.07) is 8.43. The zero-order valence-electron chi connectivity index (χ0n) is 15.4. The van der Waals surface area contributed by atoms with E-state index in [1.54, 1.807) is 7.11 Å². The van der Waals surface area contributed by atoms with Crippen molar-refractivity contribution in [2.24, 2.45) is 0 Å². The SMILES string of the molecule is COCC(=O)N1CCc2c([nH]c3ccccc23)C1c1cnn(C(C)C)c1. The zero-order valence-corrected chi connectivity index (χ0v) is 15.4. The van der Waals surface area contributed by atoms with Gasteiger partial charge in [-0.2, -0.15) is 5.10 Å². The van der Waals surface area contributed by atoms with Gasteiger partial charge in [0.2, 0.25) is 5.91 Å². The molecule has 1 atom stereocenters. The smallest absolute Gasteiger partial charge is 0.249 e. The molecule has 1 aliphatic heterocycles. The van der Waals surface area contributed by atoms with E-state index in [2.05, 4.69) is 42.1 Å². The molecule has 4 rings (SSSR count). The summed E-state index contributed by atoms with van der Waals surface area (Å²) in [5, 5.41) is 5.73. The molecule has 136 valence electrons. The summed E-state index contributed by atoms with van der Waals surface area (Å²) in [6.07, 6.45) is 4.75. The Balaban J connectivity index is 1.85. The molecule has 3 heterocycles. The highest BCUT2D eigenvalue weighted by Gasteiger charge is 2.35. The molecular weight excluding hydrogens is 328 g/mol. The number of carbonyl (C=O) groups excluding carboxylic acids is 1. The molecule has 0 radical (unpaired) electrons. The average Bonchev–Trinajstić information content (AvgIpc) is 3.26. The minimum Gasteiger partial charge on any atom is -0.375 e. The second-order valence-corrected chi connectivity index (χ2v) is 7.08. The summed E-state index contributed by atoms with van der Waals surface area (Å²) >= 11 is 0. The van der Waals surface area contributed by atoms with Gasteiger partial charge in [0, 0.05) is 48.1 Å². The third kappa shape index (κ3) is 2.70. The van der Waals surface area contributed by atoms with Crippen molar-refractivity contribution in [2.45, 2.75) is 32.4 Å². The number of benzene rings is 1. The topological polar surface area (TPSA) is 63.1 Å². The van der Waals surface area contributed by atoms with E-state index >= 15 is 0 Å². The number of fused-ring (bicyclic) bond motifs is 3. The van der Waals surface area contributed by atoms with Crippen LogP contribution in [-0.4, -0.2) is 45.8 Å². The first-order valence-corrected chi connectivity index (χ1v) is 9.02. The van der Waals surface area contributed by atoms with Gasteiger partial charge >= 0.3 is 0 Å². The van der Waals surface area contributed by atoms with E-state index in [0.717, 1.165) is 23.2 Å². The second kappa shape index (κ2) is 6.61. The van der Waals surface area contributed by atoms with Crippen LogP contribution in [0, 0.1) is 0 Å². The van der Waals surface area contributed by atoms with Crippen molar-refractivity contribution in [3.63, 3.8) is 0 Å². The molecule has 0 saturated carbocycles. The fourth-order valence-electron chi connectivity index (χ4n) is 3.84. The largest absolute Gasteiger partial charge is 0.375 e. The highest BCUT2D eigenvalue weighted by Crippen LogP contribution is 2.38.